The lowest BCUT2D eigenvalue weighted by molar-refractivity contribution is -0.0592. The Labute approximate surface area is 245 Å². The van der Waals surface area contributed by atoms with E-state index in [9.17, 15) is 18.7 Å². The van der Waals surface area contributed by atoms with Crippen molar-refractivity contribution in [3.05, 3.63) is 92.2 Å². The van der Waals surface area contributed by atoms with Crippen LogP contribution in [0.5, 0.6) is 5.75 Å². The SMILES string of the molecule is C[C@H]1c2cc(OCc3c(F)cc(Cl)cc3F)c(Cl)cc2CCN1Cc1nc2ccc(C(=O)O)cc2n1C[C@@H]1CCO1. The molecule has 11 heteroatoms. The van der Waals surface area contributed by atoms with Gasteiger partial charge in [0.05, 0.1) is 46.4 Å². The first-order chi connectivity index (χ1) is 19.7. The molecule has 0 unspecified atom stereocenters. The summed E-state index contributed by atoms with van der Waals surface area (Å²) in [4.78, 5) is 18.8. The number of halogens is 4. The molecule has 1 saturated heterocycles. The van der Waals surface area contributed by atoms with E-state index in [2.05, 4.69) is 16.4 Å². The predicted octanol–water partition coefficient (Wildman–Crippen LogP) is 6.81. The fourth-order valence-corrected chi connectivity index (χ4v) is 5.93. The van der Waals surface area contributed by atoms with Gasteiger partial charge in [0.2, 0.25) is 0 Å². The molecule has 3 aromatic carbocycles. The van der Waals surface area contributed by atoms with Gasteiger partial charge in [0.15, 0.2) is 0 Å². The highest BCUT2D eigenvalue weighted by atomic mass is 35.5. The zero-order chi connectivity index (χ0) is 28.8. The first-order valence-electron chi connectivity index (χ1n) is 13.3. The maximum absolute atomic E-state index is 14.3. The Hall–Kier alpha value is -3.24. The third-order valence-corrected chi connectivity index (χ3v) is 8.45. The molecule has 0 saturated carbocycles. The van der Waals surface area contributed by atoms with Crippen molar-refractivity contribution in [3.8, 4) is 5.75 Å². The van der Waals surface area contributed by atoms with Crippen LogP contribution in [0.4, 0.5) is 8.78 Å². The smallest absolute Gasteiger partial charge is 0.335 e. The highest BCUT2D eigenvalue weighted by Gasteiger charge is 2.29. The topological polar surface area (TPSA) is 76.8 Å². The first kappa shape index (κ1) is 27.9. The minimum absolute atomic E-state index is 0.0273. The molecule has 0 amide bonds. The number of hydrogen-bond donors (Lipinski definition) is 1. The summed E-state index contributed by atoms with van der Waals surface area (Å²) in [5, 5.41) is 9.87. The third kappa shape index (κ3) is 5.51. The molecule has 2 aliphatic heterocycles. The van der Waals surface area contributed by atoms with E-state index in [4.69, 9.17) is 37.7 Å². The van der Waals surface area contributed by atoms with Crippen molar-refractivity contribution in [1.29, 1.82) is 0 Å². The summed E-state index contributed by atoms with van der Waals surface area (Å²) in [6.45, 7) is 4.35. The average molecular weight is 602 g/mol. The van der Waals surface area contributed by atoms with Crippen LogP contribution in [0.3, 0.4) is 0 Å². The van der Waals surface area contributed by atoms with Crippen molar-refractivity contribution in [3.63, 3.8) is 0 Å². The molecule has 4 aromatic rings. The number of benzene rings is 3. The van der Waals surface area contributed by atoms with E-state index in [-0.39, 0.29) is 34.9 Å². The second kappa shape index (κ2) is 11.2. The van der Waals surface area contributed by atoms with E-state index in [1.54, 1.807) is 18.2 Å². The highest BCUT2D eigenvalue weighted by molar-refractivity contribution is 6.32. The molecule has 2 aliphatic rings. The third-order valence-electron chi connectivity index (χ3n) is 7.94. The zero-order valence-electron chi connectivity index (χ0n) is 22.2. The zero-order valence-corrected chi connectivity index (χ0v) is 23.7. The van der Waals surface area contributed by atoms with Crippen LogP contribution in [-0.2, 0) is 30.9 Å². The molecule has 6 rings (SSSR count). The number of fused-ring (bicyclic) bond motifs is 2. The summed E-state index contributed by atoms with van der Waals surface area (Å²) in [6.07, 6.45) is 1.75. The Morgan fingerprint density at radius 3 is 2.61 bits per heavy atom. The summed E-state index contributed by atoms with van der Waals surface area (Å²) >= 11 is 12.2. The molecule has 0 aliphatic carbocycles. The number of aromatic nitrogens is 2. The van der Waals surface area contributed by atoms with Crippen molar-refractivity contribution < 1.29 is 28.2 Å². The van der Waals surface area contributed by atoms with Crippen molar-refractivity contribution >= 4 is 40.2 Å². The number of imidazole rings is 1. The fraction of sp³-hybridized carbons (Fsp3) is 0.333. The van der Waals surface area contributed by atoms with Crippen LogP contribution in [0, 0.1) is 11.6 Å². The van der Waals surface area contributed by atoms with E-state index >= 15 is 0 Å². The van der Waals surface area contributed by atoms with E-state index < -0.39 is 17.6 Å². The number of nitrogens with zero attached hydrogens (tertiary/aromatic N) is 3. The summed E-state index contributed by atoms with van der Waals surface area (Å²) in [5.41, 5.74) is 3.58. The molecule has 0 bridgehead atoms. The first-order valence-corrected chi connectivity index (χ1v) is 14.1. The van der Waals surface area contributed by atoms with Crippen molar-refractivity contribution in [2.24, 2.45) is 0 Å². The monoisotopic (exact) mass is 601 g/mol. The maximum Gasteiger partial charge on any atom is 0.335 e. The van der Waals surface area contributed by atoms with Gasteiger partial charge in [-0.3, -0.25) is 4.90 Å². The van der Waals surface area contributed by atoms with Gasteiger partial charge in [-0.15, -0.1) is 0 Å². The number of carboxylic acid groups (broad SMARTS) is 1. The number of ether oxygens (including phenoxy) is 2. The summed E-state index contributed by atoms with van der Waals surface area (Å²) in [7, 11) is 0. The lowest BCUT2D eigenvalue weighted by Gasteiger charge is -2.36. The number of carboxylic acids is 1. The van der Waals surface area contributed by atoms with E-state index in [1.165, 1.54) is 0 Å². The second-order valence-electron chi connectivity index (χ2n) is 10.4. The standard InChI is InChI=1S/C30H27Cl2F2N3O4/c1-16-21-12-28(41-15-22-24(33)10-19(31)11-25(22)34)23(32)8-17(21)4-6-36(16)14-29-35-26-3-2-18(30(38)39)9-27(26)37(29)13-20-5-7-40-20/h2-3,8-12,16,20H,4-7,13-15H2,1H3,(H,38,39)/t16-,20-/m0/s1. The fourth-order valence-electron chi connectivity index (χ4n) is 5.50. The molecule has 214 valence electrons. The largest absolute Gasteiger partial charge is 0.487 e. The molecule has 3 heterocycles. The van der Waals surface area contributed by atoms with Crippen molar-refractivity contribution in [2.75, 3.05) is 13.2 Å². The molecule has 1 N–H and O–H groups in total. The van der Waals surface area contributed by atoms with Gasteiger partial charge in [-0.2, -0.15) is 0 Å². The molecule has 2 atom stereocenters. The van der Waals surface area contributed by atoms with Crippen LogP contribution in [-0.4, -0.2) is 44.8 Å². The van der Waals surface area contributed by atoms with Gasteiger partial charge in [0.25, 0.3) is 0 Å². The normalized spacial score (nSPS) is 18.8. The molecule has 7 nitrogen and oxygen atoms in total. The van der Waals surface area contributed by atoms with E-state index in [0.29, 0.717) is 23.9 Å². The van der Waals surface area contributed by atoms with Crippen LogP contribution in [0.25, 0.3) is 11.0 Å². The lowest BCUT2D eigenvalue weighted by atomic mass is 9.93. The lowest BCUT2D eigenvalue weighted by Crippen LogP contribution is -2.36. The van der Waals surface area contributed by atoms with Gasteiger partial charge in [-0.05, 0) is 73.4 Å². The minimum atomic E-state index is -0.986. The minimum Gasteiger partial charge on any atom is -0.487 e. The number of rotatable bonds is 8. The molecule has 1 aromatic heterocycles. The summed E-state index contributed by atoms with van der Waals surface area (Å²) in [6, 6.07) is 10.7. The Morgan fingerprint density at radius 2 is 1.93 bits per heavy atom. The van der Waals surface area contributed by atoms with Crippen molar-refractivity contribution in [1.82, 2.24) is 14.5 Å². The summed E-state index contributed by atoms with van der Waals surface area (Å²) < 4.78 is 42.1. The highest BCUT2D eigenvalue weighted by Crippen LogP contribution is 2.38. The number of aromatic carboxylic acids is 1. The quantitative estimate of drug-likeness (QED) is 0.239. The Kier molecular flexibility index (Phi) is 7.63. The van der Waals surface area contributed by atoms with E-state index in [1.807, 2.05) is 12.1 Å². The van der Waals surface area contributed by atoms with Gasteiger partial charge in [0.1, 0.15) is 29.8 Å². The van der Waals surface area contributed by atoms with Crippen LogP contribution in [0.2, 0.25) is 10.0 Å². The van der Waals surface area contributed by atoms with Crippen LogP contribution >= 0.6 is 23.2 Å². The Bertz CT molecular complexity index is 1630. The molecular formula is C30H27Cl2F2N3O4. The van der Waals surface area contributed by atoms with Gasteiger partial charge < -0.3 is 19.1 Å². The van der Waals surface area contributed by atoms with E-state index in [0.717, 1.165) is 66.1 Å². The predicted molar refractivity (Wildman–Crippen MR) is 151 cm³/mol. The Morgan fingerprint density at radius 1 is 1.17 bits per heavy atom. The average Bonchev–Trinajstić information content (AvgIpc) is 3.23. The van der Waals surface area contributed by atoms with Crippen LogP contribution in [0.15, 0.2) is 42.5 Å². The molecule has 0 radical (unpaired) electrons. The Balaban J connectivity index is 1.26. The molecular weight excluding hydrogens is 575 g/mol. The molecule has 1 fully saturated rings. The van der Waals surface area contributed by atoms with Crippen LogP contribution < -0.4 is 4.74 Å². The second-order valence-corrected chi connectivity index (χ2v) is 11.3. The van der Waals surface area contributed by atoms with Crippen molar-refractivity contribution in [2.45, 2.75) is 51.6 Å². The van der Waals surface area contributed by atoms with Gasteiger partial charge >= 0.3 is 5.97 Å². The van der Waals surface area contributed by atoms with Gasteiger partial charge in [-0.1, -0.05) is 23.2 Å². The van der Waals surface area contributed by atoms with Gasteiger partial charge in [-0.25, -0.2) is 18.6 Å². The molecule has 0 spiro atoms. The maximum atomic E-state index is 14.3. The number of carbonyl (C=O) groups is 1. The summed E-state index contributed by atoms with van der Waals surface area (Å²) in [5.74, 6) is -1.39. The van der Waals surface area contributed by atoms with Gasteiger partial charge in [0, 0.05) is 24.2 Å². The van der Waals surface area contributed by atoms with Crippen LogP contribution in [0.1, 0.15) is 52.3 Å². The molecule has 41 heavy (non-hydrogen) atoms. The number of hydrogen-bond acceptors (Lipinski definition) is 5.